The third-order valence-electron chi connectivity index (χ3n) is 3.71. The average molecular weight is 235 g/mol. The summed E-state index contributed by atoms with van der Waals surface area (Å²) in [5.74, 6) is 0.906. The van der Waals surface area contributed by atoms with Crippen molar-refractivity contribution in [1.82, 2.24) is 15.1 Å². The number of hydrogen-bond acceptors (Lipinski definition) is 2. The predicted molar refractivity (Wildman–Crippen MR) is 70.9 cm³/mol. The van der Waals surface area contributed by atoms with Crippen molar-refractivity contribution in [2.75, 3.05) is 0 Å². The first-order valence-electron chi connectivity index (χ1n) is 6.92. The Balaban J connectivity index is 1.89. The first-order valence-corrected chi connectivity index (χ1v) is 6.92. The Morgan fingerprint density at radius 3 is 2.71 bits per heavy atom. The molecular formula is C14H25N3. The van der Waals surface area contributed by atoms with Crippen molar-refractivity contribution in [2.45, 2.75) is 65.1 Å². The van der Waals surface area contributed by atoms with Crippen molar-refractivity contribution in [3.63, 3.8) is 0 Å². The van der Waals surface area contributed by atoms with E-state index in [1.54, 1.807) is 0 Å². The molecule has 3 heteroatoms. The quantitative estimate of drug-likeness (QED) is 0.869. The molecule has 0 aliphatic heterocycles. The zero-order chi connectivity index (χ0) is 12.3. The second-order valence-corrected chi connectivity index (χ2v) is 5.74. The van der Waals surface area contributed by atoms with E-state index >= 15 is 0 Å². The topological polar surface area (TPSA) is 29.9 Å². The Hall–Kier alpha value is -0.830. The molecule has 96 valence electrons. The molecule has 0 atom stereocenters. The van der Waals surface area contributed by atoms with E-state index < -0.39 is 0 Å². The number of hydrogen-bond donors (Lipinski definition) is 1. The molecule has 1 saturated carbocycles. The van der Waals surface area contributed by atoms with Gasteiger partial charge in [-0.25, -0.2) is 0 Å². The van der Waals surface area contributed by atoms with Crippen molar-refractivity contribution in [1.29, 1.82) is 0 Å². The fourth-order valence-electron chi connectivity index (χ4n) is 2.49. The van der Waals surface area contributed by atoms with E-state index in [-0.39, 0.29) is 0 Å². The molecule has 0 unspecified atom stereocenters. The molecule has 0 saturated heterocycles. The van der Waals surface area contributed by atoms with Crippen LogP contribution in [0.25, 0.3) is 0 Å². The van der Waals surface area contributed by atoms with Gasteiger partial charge in [0.1, 0.15) is 0 Å². The highest BCUT2D eigenvalue weighted by Crippen LogP contribution is 2.31. The summed E-state index contributed by atoms with van der Waals surface area (Å²) in [6, 6.07) is 3.31. The Labute approximate surface area is 105 Å². The van der Waals surface area contributed by atoms with Gasteiger partial charge < -0.3 is 5.32 Å². The zero-order valence-electron chi connectivity index (χ0n) is 11.3. The molecule has 1 aliphatic carbocycles. The monoisotopic (exact) mass is 235 g/mol. The van der Waals surface area contributed by atoms with E-state index in [9.17, 15) is 0 Å². The van der Waals surface area contributed by atoms with Gasteiger partial charge in [0.2, 0.25) is 0 Å². The zero-order valence-corrected chi connectivity index (χ0v) is 11.3. The van der Waals surface area contributed by atoms with E-state index in [0.29, 0.717) is 12.1 Å². The summed E-state index contributed by atoms with van der Waals surface area (Å²) in [6.45, 7) is 7.57. The SMILES string of the molecule is CC1CCC(n2ccc(CNC(C)C)n2)CC1. The molecule has 1 aliphatic rings. The highest BCUT2D eigenvalue weighted by Gasteiger charge is 2.20. The van der Waals surface area contributed by atoms with Crippen LogP contribution in [0.4, 0.5) is 0 Å². The van der Waals surface area contributed by atoms with Gasteiger partial charge in [-0.2, -0.15) is 5.10 Å². The largest absolute Gasteiger partial charge is 0.309 e. The summed E-state index contributed by atoms with van der Waals surface area (Å²) in [7, 11) is 0. The van der Waals surface area contributed by atoms with Crippen LogP contribution >= 0.6 is 0 Å². The van der Waals surface area contributed by atoms with E-state index in [1.165, 1.54) is 25.7 Å². The maximum Gasteiger partial charge on any atom is 0.0762 e. The fraction of sp³-hybridized carbons (Fsp3) is 0.786. The maximum absolute atomic E-state index is 4.69. The van der Waals surface area contributed by atoms with Gasteiger partial charge in [-0.15, -0.1) is 0 Å². The molecule has 1 aromatic heterocycles. The smallest absolute Gasteiger partial charge is 0.0762 e. The van der Waals surface area contributed by atoms with Crippen molar-refractivity contribution in [2.24, 2.45) is 5.92 Å². The van der Waals surface area contributed by atoms with E-state index in [2.05, 4.69) is 48.1 Å². The average Bonchev–Trinajstić information content (AvgIpc) is 2.76. The van der Waals surface area contributed by atoms with Crippen molar-refractivity contribution < 1.29 is 0 Å². The molecule has 1 aromatic rings. The number of rotatable bonds is 4. The van der Waals surface area contributed by atoms with E-state index in [1.807, 2.05) is 0 Å². The lowest BCUT2D eigenvalue weighted by Gasteiger charge is -2.26. The van der Waals surface area contributed by atoms with Crippen LogP contribution in [0.15, 0.2) is 12.3 Å². The lowest BCUT2D eigenvalue weighted by atomic mass is 9.87. The standard InChI is InChI=1S/C14H25N3/c1-11(2)15-10-13-8-9-17(16-13)14-6-4-12(3)5-7-14/h8-9,11-12,14-15H,4-7,10H2,1-3H3. The Bertz CT molecular complexity index is 335. The van der Waals surface area contributed by atoms with Crippen LogP contribution in [0.5, 0.6) is 0 Å². The predicted octanol–water partition coefficient (Wildman–Crippen LogP) is 3.13. The molecule has 0 amide bonds. The Morgan fingerprint density at radius 1 is 1.35 bits per heavy atom. The van der Waals surface area contributed by atoms with Gasteiger partial charge in [-0.1, -0.05) is 20.8 Å². The van der Waals surface area contributed by atoms with Gasteiger partial charge in [0.05, 0.1) is 11.7 Å². The molecule has 0 aromatic carbocycles. The molecule has 0 bridgehead atoms. The van der Waals surface area contributed by atoms with Crippen LogP contribution in [0.2, 0.25) is 0 Å². The van der Waals surface area contributed by atoms with Crippen LogP contribution in [-0.2, 0) is 6.54 Å². The normalized spacial score (nSPS) is 25.4. The van der Waals surface area contributed by atoms with E-state index in [4.69, 9.17) is 0 Å². The number of nitrogens with zero attached hydrogens (tertiary/aromatic N) is 2. The van der Waals surface area contributed by atoms with Crippen LogP contribution in [-0.4, -0.2) is 15.8 Å². The minimum absolute atomic E-state index is 0.524. The summed E-state index contributed by atoms with van der Waals surface area (Å²) in [5.41, 5.74) is 1.16. The van der Waals surface area contributed by atoms with Gasteiger partial charge in [0.25, 0.3) is 0 Å². The minimum Gasteiger partial charge on any atom is -0.309 e. The third kappa shape index (κ3) is 3.56. The van der Waals surface area contributed by atoms with Gasteiger partial charge in [0, 0.05) is 18.8 Å². The Kier molecular flexibility index (Phi) is 4.21. The van der Waals surface area contributed by atoms with Crippen molar-refractivity contribution >= 4 is 0 Å². The third-order valence-corrected chi connectivity index (χ3v) is 3.71. The van der Waals surface area contributed by atoms with Crippen LogP contribution in [0, 0.1) is 5.92 Å². The second-order valence-electron chi connectivity index (χ2n) is 5.74. The number of nitrogens with one attached hydrogen (secondary N) is 1. The van der Waals surface area contributed by atoms with Gasteiger partial charge in [-0.05, 0) is 37.7 Å². The summed E-state index contributed by atoms with van der Waals surface area (Å²) >= 11 is 0. The van der Waals surface area contributed by atoms with Crippen molar-refractivity contribution in [3.8, 4) is 0 Å². The molecule has 3 nitrogen and oxygen atoms in total. The van der Waals surface area contributed by atoms with Crippen LogP contribution in [0.1, 0.15) is 58.2 Å². The lowest BCUT2D eigenvalue weighted by Crippen LogP contribution is -2.22. The molecule has 0 radical (unpaired) electrons. The molecule has 17 heavy (non-hydrogen) atoms. The Morgan fingerprint density at radius 2 is 2.06 bits per heavy atom. The lowest BCUT2D eigenvalue weighted by molar-refractivity contribution is 0.273. The van der Waals surface area contributed by atoms with E-state index in [0.717, 1.165) is 18.2 Å². The van der Waals surface area contributed by atoms with Gasteiger partial charge in [0.15, 0.2) is 0 Å². The molecule has 1 heterocycles. The molecule has 1 fully saturated rings. The minimum atomic E-state index is 0.524. The molecular weight excluding hydrogens is 210 g/mol. The first kappa shape index (κ1) is 12.6. The summed E-state index contributed by atoms with van der Waals surface area (Å²) in [4.78, 5) is 0. The molecule has 2 rings (SSSR count). The highest BCUT2D eigenvalue weighted by atomic mass is 15.3. The van der Waals surface area contributed by atoms with Crippen LogP contribution in [0.3, 0.4) is 0 Å². The molecule has 0 spiro atoms. The second kappa shape index (κ2) is 5.67. The van der Waals surface area contributed by atoms with Gasteiger partial charge in [-0.3, -0.25) is 4.68 Å². The van der Waals surface area contributed by atoms with Crippen molar-refractivity contribution in [3.05, 3.63) is 18.0 Å². The van der Waals surface area contributed by atoms with Crippen LogP contribution < -0.4 is 5.32 Å². The maximum atomic E-state index is 4.69. The summed E-state index contributed by atoms with van der Waals surface area (Å²) < 4.78 is 2.18. The summed E-state index contributed by atoms with van der Waals surface area (Å²) in [6.07, 6.45) is 7.44. The van der Waals surface area contributed by atoms with Gasteiger partial charge >= 0.3 is 0 Å². The molecule has 1 N–H and O–H groups in total. The first-order chi connectivity index (χ1) is 8.15. The fourth-order valence-corrected chi connectivity index (χ4v) is 2.49. The highest BCUT2D eigenvalue weighted by molar-refractivity contribution is 5.00. The number of aromatic nitrogens is 2. The summed E-state index contributed by atoms with van der Waals surface area (Å²) in [5, 5.41) is 8.09.